The number of nitrogens with zero attached hydrogens (tertiary/aromatic N) is 6. The van der Waals surface area contributed by atoms with Crippen LogP contribution in [-0.2, 0) is 4.74 Å². The van der Waals surface area contributed by atoms with Crippen LogP contribution in [0.5, 0.6) is 5.75 Å². The van der Waals surface area contributed by atoms with Gasteiger partial charge in [-0.25, -0.2) is 15.0 Å². The lowest BCUT2D eigenvalue weighted by Gasteiger charge is -2.27. The van der Waals surface area contributed by atoms with E-state index in [2.05, 4.69) is 35.1 Å². The number of anilines is 2. The molecule has 10 nitrogen and oxygen atoms in total. The molecule has 0 unspecified atom stereocenters. The Morgan fingerprint density at radius 2 is 1.94 bits per heavy atom. The molecule has 1 fully saturated rings. The number of halogens is 1. The maximum absolute atomic E-state index is 13.3. The Balaban J connectivity index is 1.45. The Labute approximate surface area is 204 Å². The van der Waals surface area contributed by atoms with Crippen molar-refractivity contribution in [2.45, 2.75) is 6.92 Å². The average Bonchev–Trinajstić information content (AvgIpc) is 3.25. The fourth-order valence-corrected chi connectivity index (χ4v) is 4.58. The van der Waals surface area contributed by atoms with Crippen LogP contribution in [0.3, 0.4) is 0 Å². The number of hydrogen-bond acceptors (Lipinski definition) is 10. The topological polar surface area (TPSA) is 115 Å². The molecule has 0 bridgehead atoms. The Hall–Kier alpha value is -3.41. The van der Waals surface area contributed by atoms with Gasteiger partial charge in [0.2, 0.25) is 0 Å². The van der Waals surface area contributed by atoms with Gasteiger partial charge in [0.25, 0.3) is 5.91 Å². The van der Waals surface area contributed by atoms with Crippen molar-refractivity contribution < 1.29 is 14.3 Å². The molecule has 1 amide bonds. The predicted octanol–water partition coefficient (Wildman–Crippen LogP) is 3.60. The van der Waals surface area contributed by atoms with Crippen LogP contribution >= 0.6 is 22.9 Å². The average molecular weight is 498 g/mol. The maximum atomic E-state index is 13.3. The number of aromatic nitrogens is 5. The second-order valence-electron chi connectivity index (χ2n) is 7.51. The van der Waals surface area contributed by atoms with Crippen molar-refractivity contribution in [3.05, 3.63) is 47.1 Å². The molecule has 0 atom stereocenters. The summed E-state index contributed by atoms with van der Waals surface area (Å²) >= 11 is 7.39. The molecule has 1 N–H and O–H groups in total. The largest absolute Gasteiger partial charge is 0.494 e. The number of carbonyl (C=O) groups excluding carboxylic acids is 1. The number of nitrogens with one attached hydrogen (secondary N) is 1. The van der Waals surface area contributed by atoms with E-state index in [1.54, 1.807) is 18.3 Å². The molecule has 34 heavy (non-hydrogen) atoms. The molecule has 4 aromatic rings. The lowest BCUT2D eigenvalue weighted by Crippen LogP contribution is -2.36. The number of hydrogen-bond donors (Lipinski definition) is 1. The SMILES string of the molecule is COc1cnc(Cl)cc1-c1cc(C)ncc1C(=O)Nc1nc2ncc(N3CCOCC3)nc2s1. The molecule has 0 aromatic carbocycles. The van der Waals surface area contributed by atoms with E-state index in [4.69, 9.17) is 21.1 Å². The van der Waals surface area contributed by atoms with E-state index in [0.29, 0.717) is 51.3 Å². The van der Waals surface area contributed by atoms with Gasteiger partial charge in [-0.05, 0) is 19.1 Å². The fraction of sp³-hybridized carbons (Fsp3) is 0.273. The second kappa shape index (κ2) is 9.45. The number of methoxy groups -OCH3 is 1. The van der Waals surface area contributed by atoms with Gasteiger partial charge < -0.3 is 14.4 Å². The van der Waals surface area contributed by atoms with Crippen LogP contribution in [0.15, 0.2) is 30.7 Å². The first-order valence-electron chi connectivity index (χ1n) is 10.5. The molecule has 5 heterocycles. The third kappa shape index (κ3) is 4.49. The Morgan fingerprint density at radius 3 is 2.74 bits per heavy atom. The predicted molar refractivity (Wildman–Crippen MR) is 130 cm³/mol. The monoisotopic (exact) mass is 497 g/mol. The van der Waals surface area contributed by atoms with E-state index >= 15 is 0 Å². The third-order valence-corrected chi connectivity index (χ3v) is 6.36. The van der Waals surface area contributed by atoms with E-state index in [1.807, 2.05) is 6.92 Å². The molecular weight excluding hydrogens is 478 g/mol. The highest BCUT2D eigenvalue weighted by Crippen LogP contribution is 2.34. The smallest absolute Gasteiger partial charge is 0.259 e. The molecule has 1 aliphatic rings. The zero-order valence-electron chi connectivity index (χ0n) is 18.4. The molecule has 4 aromatic heterocycles. The van der Waals surface area contributed by atoms with Crippen molar-refractivity contribution >= 4 is 50.3 Å². The van der Waals surface area contributed by atoms with Gasteiger partial charge in [0.05, 0.1) is 38.3 Å². The summed E-state index contributed by atoms with van der Waals surface area (Å²) < 4.78 is 10.8. The molecule has 0 radical (unpaired) electrons. The van der Waals surface area contributed by atoms with Gasteiger partial charge in [-0.15, -0.1) is 0 Å². The Morgan fingerprint density at radius 1 is 1.12 bits per heavy atom. The minimum Gasteiger partial charge on any atom is -0.494 e. The van der Waals surface area contributed by atoms with E-state index in [9.17, 15) is 4.79 Å². The summed E-state index contributed by atoms with van der Waals surface area (Å²) in [5.74, 6) is 0.891. The number of fused-ring (bicyclic) bond motifs is 1. The fourth-order valence-electron chi connectivity index (χ4n) is 3.63. The van der Waals surface area contributed by atoms with Crippen molar-refractivity contribution in [2.75, 3.05) is 43.6 Å². The van der Waals surface area contributed by atoms with Crippen molar-refractivity contribution in [2.24, 2.45) is 0 Å². The molecule has 174 valence electrons. The first-order chi connectivity index (χ1) is 16.5. The van der Waals surface area contributed by atoms with E-state index in [-0.39, 0.29) is 11.1 Å². The van der Waals surface area contributed by atoms with Gasteiger partial charge in [-0.1, -0.05) is 22.9 Å². The number of morpholine rings is 1. The summed E-state index contributed by atoms with van der Waals surface area (Å²) in [4.78, 5) is 37.9. The molecule has 12 heteroatoms. The van der Waals surface area contributed by atoms with Crippen molar-refractivity contribution in [3.63, 3.8) is 0 Å². The Bertz CT molecular complexity index is 1370. The van der Waals surface area contributed by atoms with Crippen LogP contribution in [0.1, 0.15) is 16.1 Å². The zero-order valence-corrected chi connectivity index (χ0v) is 20.0. The third-order valence-electron chi connectivity index (χ3n) is 5.30. The van der Waals surface area contributed by atoms with Gasteiger partial charge in [0, 0.05) is 36.1 Å². The minimum atomic E-state index is -0.370. The summed E-state index contributed by atoms with van der Waals surface area (Å²) in [7, 11) is 1.54. The Kier molecular flexibility index (Phi) is 6.22. The highest BCUT2D eigenvalue weighted by molar-refractivity contribution is 7.21. The normalized spacial score (nSPS) is 13.8. The molecular formula is C22H20ClN7O3S. The van der Waals surface area contributed by atoms with Gasteiger partial charge in [0.15, 0.2) is 15.6 Å². The number of aryl methyl sites for hydroxylation is 1. The number of pyridine rings is 2. The molecule has 0 saturated carbocycles. The standard InChI is InChI=1S/C22H20ClN7O3S/c1-12-7-13(14-8-17(23)25-10-16(14)32-2)15(9-24-12)20(31)29-22-28-19-21(34-22)27-18(11-26-19)30-3-5-33-6-4-30/h7-11H,3-6H2,1-2H3,(H,26,28,29,31). The summed E-state index contributed by atoms with van der Waals surface area (Å²) in [6.07, 6.45) is 4.74. The highest BCUT2D eigenvalue weighted by atomic mass is 35.5. The van der Waals surface area contributed by atoms with Crippen LogP contribution in [-0.4, -0.2) is 64.2 Å². The van der Waals surface area contributed by atoms with Gasteiger partial charge in [-0.2, -0.15) is 4.98 Å². The number of rotatable bonds is 5. The van der Waals surface area contributed by atoms with E-state index in [1.165, 1.54) is 30.8 Å². The number of ether oxygens (including phenoxy) is 2. The van der Waals surface area contributed by atoms with Gasteiger partial charge >= 0.3 is 0 Å². The van der Waals surface area contributed by atoms with Crippen LogP contribution in [0.25, 0.3) is 21.6 Å². The van der Waals surface area contributed by atoms with Crippen molar-refractivity contribution in [1.82, 2.24) is 24.9 Å². The van der Waals surface area contributed by atoms with Crippen LogP contribution in [0.2, 0.25) is 5.15 Å². The summed E-state index contributed by atoms with van der Waals surface area (Å²) in [5, 5.41) is 3.54. The number of thiazole rings is 1. The van der Waals surface area contributed by atoms with E-state index < -0.39 is 0 Å². The zero-order chi connectivity index (χ0) is 23.7. The molecule has 1 saturated heterocycles. The maximum Gasteiger partial charge on any atom is 0.259 e. The summed E-state index contributed by atoms with van der Waals surface area (Å²) in [6, 6.07) is 3.46. The lowest BCUT2D eigenvalue weighted by molar-refractivity contribution is 0.102. The molecule has 0 spiro atoms. The van der Waals surface area contributed by atoms with Crippen LogP contribution in [0, 0.1) is 6.92 Å². The van der Waals surface area contributed by atoms with Crippen molar-refractivity contribution in [1.29, 1.82) is 0 Å². The quantitative estimate of drug-likeness (QED) is 0.413. The molecule has 5 rings (SSSR count). The number of carbonyl (C=O) groups is 1. The van der Waals surface area contributed by atoms with Gasteiger partial charge in [-0.3, -0.25) is 15.1 Å². The van der Waals surface area contributed by atoms with Crippen LogP contribution in [0.4, 0.5) is 10.9 Å². The molecule has 0 aliphatic carbocycles. The van der Waals surface area contributed by atoms with Crippen LogP contribution < -0.4 is 15.0 Å². The number of amides is 1. The van der Waals surface area contributed by atoms with Crippen molar-refractivity contribution in [3.8, 4) is 16.9 Å². The minimum absolute atomic E-state index is 0.288. The lowest BCUT2D eigenvalue weighted by atomic mass is 10.0. The molecule has 1 aliphatic heterocycles. The summed E-state index contributed by atoms with van der Waals surface area (Å²) in [6.45, 7) is 4.67. The second-order valence-corrected chi connectivity index (χ2v) is 8.87. The van der Waals surface area contributed by atoms with Gasteiger partial charge in [0.1, 0.15) is 16.7 Å². The van der Waals surface area contributed by atoms with E-state index in [0.717, 1.165) is 24.6 Å². The summed E-state index contributed by atoms with van der Waals surface area (Å²) in [5.41, 5.74) is 2.83. The highest BCUT2D eigenvalue weighted by Gasteiger charge is 2.20. The first-order valence-corrected chi connectivity index (χ1v) is 11.7. The first kappa shape index (κ1) is 22.4.